The number of aromatic nitrogens is 2. The highest BCUT2D eigenvalue weighted by molar-refractivity contribution is 7.71. The summed E-state index contributed by atoms with van der Waals surface area (Å²) in [6.07, 6.45) is 3.48. The molecule has 4 N–H and O–H groups in total. The van der Waals surface area contributed by atoms with Crippen molar-refractivity contribution in [1.82, 2.24) is 9.55 Å². The number of carbonyl (C=O) groups excluding carboxylic acids is 1. The quantitative estimate of drug-likeness (QED) is 0.724. The van der Waals surface area contributed by atoms with E-state index in [2.05, 4.69) is 14.9 Å². The lowest BCUT2D eigenvalue weighted by Crippen LogP contribution is -2.26. The molecule has 2 heterocycles. The summed E-state index contributed by atoms with van der Waals surface area (Å²) in [5.41, 5.74) is 8.61. The third-order valence-electron chi connectivity index (χ3n) is 3.92. The molecule has 0 unspecified atom stereocenters. The number of nitrogens with two attached hydrogens (primary N) is 1. The van der Waals surface area contributed by atoms with Gasteiger partial charge in [-0.3, -0.25) is 4.79 Å². The molecule has 1 aromatic heterocycles. The maximum atomic E-state index is 11.2. The van der Waals surface area contributed by atoms with E-state index in [1.54, 1.807) is 0 Å². The van der Waals surface area contributed by atoms with Crippen molar-refractivity contribution in [3.8, 4) is 5.75 Å². The lowest BCUT2D eigenvalue weighted by molar-refractivity contribution is -0.114. The SMILES string of the molecule is CC(=O)Nc1ccc2c(c1)C[C@H](n1c(CCN)c[nH]c1=S)CO2.Cl. The van der Waals surface area contributed by atoms with Crippen LogP contribution in [0.3, 0.4) is 0 Å². The summed E-state index contributed by atoms with van der Waals surface area (Å²) in [5, 5.41) is 2.80. The van der Waals surface area contributed by atoms with Crippen molar-refractivity contribution < 1.29 is 9.53 Å². The Hall–Kier alpha value is -1.83. The van der Waals surface area contributed by atoms with Crippen molar-refractivity contribution in [3.05, 3.63) is 40.4 Å². The van der Waals surface area contributed by atoms with Gasteiger partial charge in [0.25, 0.3) is 0 Å². The van der Waals surface area contributed by atoms with E-state index in [0.29, 0.717) is 17.9 Å². The van der Waals surface area contributed by atoms with Gasteiger partial charge in [0.2, 0.25) is 5.91 Å². The van der Waals surface area contributed by atoms with E-state index >= 15 is 0 Å². The summed E-state index contributed by atoms with van der Waals surface area (Å²) in [7, 11) is 0. The van der Waals surface area contributed by atoms with Crippen LogP contribution < -0.4 is 15.8 Å². The van der Waals surface area contributed by atoms with Gasteiger partial charge in [0.15, 0.2) is 4.77 Å². The average molecular weight is 369 g/mol. The number of rotatable bonds is 4. The fraction of sp³-hybridized carbons (Fsp3) is 0.375. The molecule has 1 amide bonds. The van der Waals surface area contributed by atoms with Gasteiger partial charge in [0.05, 0.1) is 6.04 Å². The largest absolute Gasteiger partial charge is 0.491 e. The van der Waals surface area contributed by atoms with Crippen molar-refractivity contribution in [3.63, 3.8) is 0 Å². The molecule has 0 aliphatic carbocycles. The Morgan fingerprint density at radius 3 is 3.04 bits per heavy atom. The molecule has 1 aliphatic heterocycles. The van der Waals surface area contributed by atoms with Gasteiger partial charge in [-0.25, -0.2) is 0 Å². The van der Waals surface area contributed by atoms with Gasteiger partial charge in [-0.05, 0) is 42.5 Å². The molecule has 24 heavy (non-hydrogen) atoms. The molecule has 0 saturated heterocycles. The summed E-state index contributed by atoms with van der Waals surface area (Å²) < 4.78 is 8.66. The molecule has 0 saturated carbocycles. The highest BCUT2D eigenvalue weighted by atomic mass is 35.5. The van der Waals surface area contributed by atoms with Crippen LogP contribution in [0.25, 0.3) is 0 Å². The number of benzene rings is 1. The Balaban J connectivity index is 0.00000208. The molecular weight excluding hydrogens is 348 g/mol. The lowest BCUT2D eigenvalue weighted by atomic mass is 10.0. The number of halogens is 1. The van der Waals surface area contributed by atoms with Crippen molar-refractivity contribution in [2.75, 3.05) is 18.5 Å². The maximum absolute atomic E-state index is 11.2. The standard InChI is InChI=1S/C16H20N4O2S.ClH/c1-10(21)19-12-2-3-15-11(6-12)7-14(9-22-15)20-13(4-5-17)8-18-16(20)23;/h2-3,6,8,14H,4-5,7,9,17H2,1H3,(H,18,23)(H,19,21);1H/t14-;/m0./s1. The number of hydrogen-bond acceptors (Lipinski definition) is 4. The molecular formula is C16H21ClN4O2S. The van der Waals surface area contributed by atoms with Gasteiger partial charge in [-0.15, -0.1) is 12.4 Å². The first-order chi connectivity index (χ1) is 11.1. The lowest BCUT2D eigenvalue weighted by Gasteiger charge is -2.28. The predicted molar refractivity (Wildman–Crippen MR) is 98.6 cm³/mol. The predicted octanol–water partition coefficient (Wildman–Crippen LogP) is 2.60. The van der Waals surface area contributed by atoms with Crippen LogP contribution in [0.2, 0.25) is 0 Å². The highest BCUT2D eigenvalue weighted by Crippen LogP contribution is 2.32. The number of anilines is 1. The first-order valence-corrected chi connectivity index (χ1v) is 8.01. The van der Waals surface area contributed by atoms with Crippen LogP contribution in [-0.4, -0.2) is 28.6 Å². The Kier molecular flexibility index (Phi) is 6.04. The van der Waals surface area contributed by atoms with Crippen LogP contribution in [0.15, 0.2) is 24.4 Å². The second kappa shape index (κ2) is 7.83. The number of nitrogens with one attached hydrogen (secondary N) is 2. The van der Waals surface area contributed by atoms with Crippen LogP contribution in [0, 0.1) is 4.77 Å². The van der Waals surface area contributed by atoms with Crippen LogP contribution in [0.5, 0.6) is 5.75 Å². The fourth-order valence-electron chi connectivity index (χ4n) is 2.98. The number of imidazole rings is 1. The van der Waals surface area contributed by atoms with Gasteiger partial charge >= 0.3 is 0 Å². The second-order valence-electron chi connectivity index (χ2n) is 5.67. The third kappa shape index (κ3) is 3.80. The van der Waals surface area contributed by atoms with Crippen molar-refractivity contribution in [2.45, 2.75) is 25.8 Å². The van der Waals surface area contributed by atoms with Gasteiger partial charge in [-0.2, -0.15) is 0 Å². The molecule has 130 valence electrons. The summed E-state index contributed by atoms with van der Waals surface area (Å²) in [5.74, 6) is 0.772. The van der Waals surface area contributed by atoms with Gasteiger partial charge < -0.3 is 25.3 Å². The first kappa shape index (κ1) is 18.5. The second-order valence-corrected chi connectivity index (χ2v) is 6.05. The van der Waals surface area contributed by atoms with E-state index in [0.717, 1.165) is 35.5 Å². The average Bonchev–Trinajstić information content (AvgIpc) is 2.87. The topological polar surface area (TPSA) is 85.1 Å². The minimum atomic E-state index is -0.0867. The van der Waals surface area contributed by atoms with Gasteiger partial charge in [0.1, 0.15) is 12.4 Å². The molecule has 1 aliphatic rings. The zero-order valence-electron chi connectivity index (χ0n) is 13.4. The Labute approximate surface area is 151 Å². The molecule has 0 spiro atoms. The molecule has 3 rings (SSSR count). The minimum Gasteiger partial charge on any atom is -0.491 e. The highest BCUT2D eigenvalue weighted by Gasteiger charge is 2.24. The minimum absolute atomic E-state index is 0. The van der Waals surface area contributed by atoms with E-state index < -0.39 is 0 Å². The normalized spacial score (nSPS) is 15.8. The summed E-state index contributed by atoms with van der Waals surface area (Å²) >= 11 is 5.40. The Morgan fingerprint density at radius 1 is 1.54 bits per heavy atom. The van der Waals surface area contributed by atoms with E-state index in [-0.39, 0.29) is 24.4 Å². The number of H-pyrrole nitrogens is 1. The zero-order valence-corrected chi connectivity index (χ0v) is 15.0. The summed E-state index contributed by atoms with van der Waals surface area (Å²) in [6, 6.07) is 5.83. The van der Waals surface area contributed by atoms with Crippen molar-refractivity contribution in [1.29, 1.82) is 0 Å². The van der Waals surface area contributed by atoms with Crippen LogP contribution in [0.4, 0.5) is 5.69 Å². The first-order valence-electron chi connectivity index (χ1n) is 7.60. The molecule has 8 heteroatoms. The van der Waals surface area contributed by atoms with Crippen molar-refractivity contribution in [2.24, 2.45) is 5.73 Å². The Bertz CT molecular complexity index is 787. The zero-order chi connectivity index (χ0) is 16.4. The molecule has 2 aromatic rings. The monoisotopic (exact) mass is 368 g/mol. The molecule has 1 aromatic carbocycles. The fourth-order valence-corrected chi connectivity index (χ4v) is 3.31. The van der Waals surface area contributed by atoms with Crippen LogP contribution in [-0.2, 0) is 17.6 Å². The number of fused-ring (bicyclic) bond motifs is 1. The van der Waals surface area contributed by atoms with Crippen LogP contribution >= 0.6 is 24.6 Å². The Morgan fingerprint density at radius 2 is 2.33 bits per heavy atom. The molecule has 6 nitrogen and oxygen atoms in total. The van der Waals surface area contributed by atoms with Crippen molar-refractivity contribution >= 4 is 36.2 Å². The van der Waals surface area contributed by atoms with E-state index in [4.69, 9.17) is 22.7 Å². The summed E-state index contributed by atoms with van der Waals surface area (Å²) in [4.78, 5) is 14.3. The maximum Gasteiger partial charge on any atom is 0.221 e. The molecule has 0 fully saturated rings. The van der Waals surface area contributed by atoms with E-state index in [1.807, 2.05) is 24.4 Å². The number of carbonyl (C=O) groups is 1. The molecule has 0 radical (unpaired) electrons. The summed E-state index contributed by atoms with van der Waals surface area (Å²) in [6.45, 7) is 2.64. The molecule has 0 bridgehead atoms. The van der Waals surface area contributed by atoms with E-state index in [9.17, 15) is 4.79 Å². The number of ether oxygens (including phenoxy) is 1. The van der Waals surface area contributed by atoms with Gasteiger partial charge in [0, 0.05) is 37.3 Å². The third-order valence-corrected chi connectivity index (χ3v) is 4.24. The molecule has 1 atom stereocenters. The number of nitrogens with zero attached hydrogens (tertiary/aromatic N) is 1. The van der Waals surface area contributed by atoms with E-state index in [1.165, 1.54) is 6.92 Å². The number of aromatic amines is 1. The number of amides is 1. The number of hydrogen-bond donors (Lipinski definition) is 3. The van der Waals surface area contributed by atoms with Crippen LogP contribution in [0.1, 0.15) is 24.2 Å². The smallest absolute Gasteiger partial charge is 0.221 e. The van der Waals surface area contributed by atoms with Gasteiger partial charge in [-0.1, -0.05) is 0 Å².